The van der Waals surface area contributed by atoms with E-state index in [0.717, 1.165) is 0 Å². The molecule has 0 aromatic heterocycles. The lowest BCUT2D eigenvalue weighted by Crippen LogP contribution is -2.30. The lowest BCUT2D eigenvalue weighted by molar-refractivity contribution is -0.139. The summed E-state index contributed by atoms with van der Waals surface area (Å²) in [4.78, 5) is 32.4. The second-order valence-corrected chi connectivity index (χ2v) is 4.36. The fourth-order valence-electron chi connectivity index (χ4n) is 1.29. The van der Waals surface area contributed by atoms with E-state index in [2.05, 4.69) is 5.32 Å². The summed E-state index contributed by atoms with van der Waals surface area (Å²) in [5.74, 6) is -1.34. The maximum absolute atomic E-state index is 11.3. The quantitative estimate of drug-likeness (QED) is 0.679. The number of hydrogen-bond acceptors (Lipinski definition) is 3. The zero-order valence-electron chi connectivity index (χ0n) is 9.29. The Morgan fingerprint density at radius 3 is 2.13 bits per heavy atom. The van der Waals surface area contributed by atoms with Gasteiger partial charge in [-0.3, -0.25) is 14.4 Å². The molecule has 0 saturated carbocycles. The van der Waals surface area contributed by atoms with Crippen LogP contribution in [0.3, 0.4) is 0 Å². The van der Waals surface area contributed by atoms with E-state index in [9.17, 15) is 14.4 Å². The third-order valence-corrected chi connectivity index (χ3v) is 1.84. The van der Waals surface area contributed by atoms with Gasteiger partial charge in [-0.2, -0.15) is 0 Å². The van der Waals surface area contributed by atoms with Crippen molar-refractivity contribution in [3.63, 3.8) is 0 Å². The van der Waals surface area contributed by atoms with Crippen LogP contribution in [0.25, 0.3) is 0 Å². The lowest BCUT2D eigenvalue weighted by Gasteiger charge is -2.21. The van der Waals surface area contributed by atoms with Crippen LogP contribution in [0.15, 0.2) is 0 Å². The van der Waals surface area contributed by atoms with Gasteiger partial charge in [0.1, 0.15) is 0 Å². The maximum atomic E-state index is 11.3. The molecule has 5 nitrogen and oxygen atoms in total. The lowest BCUT2D eigenvalue weighted by atomic mass is 9.84. The van der Waals surface area contributed by atoms with Gasteiger partial charge < -0.3 is 10.4 Å². The Balaban J connectivity index is 4.04. The number of carboxylic acid groups (broad SMARTS) is 1. The molecule has 0 saturated heterocycles. The Morgan fingerprint density at radius 1 is 1.20 bits per heavy atom. The first-order chi connectivity index (χ1) is 6.73. The van der Waals surface area contributed by atoms with Crippen LogP contribution in [0.4, 0.5) is 0 Å². The molecule has 0 fully saturated rings. The predicted octanol–water partition coefficient (Wildman–Crippen LogP) is 0.583. The third-order valence-electron chi connectivity index (χ3n) is 1.84. The molecule has 0 aliphatic carbocycles. The van der Waals surface area contributed by atoms with E-state index in [0.29, 0.717) is 0 Å². The Bertz CT molecular complexity index is 271. The molecule has 0 bridgehead atoms. The van der Waals surface area contributed by atoms with Crippen molar-refractivity contribution < 1.29 is 19.5 Å². The number of rotatable bonds is 6. The maximum Gasteiger partial charge on any atom is 0.303 e. The van der Waals surface area contributed by atoms with E-state index in [-0.39, 0.29) is 31.1 Å². The third kappa shape index (κ3) is 7.66. The molecule has 0 spiro atoms. The van der Waals surface area contributed by atoms with E-state index in [1.54, 1.807) is 13.8 Å². The van der Waals surface area contributed by atoms with Gasteiger partial charge in [-0.1, -0.05) is 13.8 Å². The molecule has 0 rings (SSSR count). The van der Waals surface area contributed by atoms with Crippen molar-refractivity contribution in [2.75, 3.05) is 6.54 Å². The van der Waals surface area contributed by atoms with Crippen molar-refractivity contribution in [2.45, 2.75) is 33.6 Å². The molecule has 2 N–H and O–H groups in total. The molecule has 0 heterocycles. The van der Waals surface area contributed by atoms with Gasteiger partial charge in [-0.25, -0.2) is 0 Å². The first kappa shape index (κ1) is 13.6. The van der Waals surface area contributed by atoms with Crippen LogP contribution in [0, 0.1) is 5.41 Å². The van der Waals surface area contributed by atoms with E-state index in [1.165, 1.54) is 6.92 Å². The Kier molecular flexibility index (Phi) is 4.97. The van der Waals surface area contributed by atoms with Crippen LogP contribution in [-0.2, 0) is 14.4 Å². The van der Waals surface area contributed by atoms with Crippen molar-refractivity contribution in [1.29, 1.82) is 0 Å². The number of amides is 1. The minimum atomic E-state index is -0.924. The van der Waals surface area contributed by atoms with Gasteiger partial charge in [-0.15, -0.1) is 0 Å². The Hall–Kier alpha value is -1.39. The highest BCUT2D eigenvalue weighted by Crippen LogP contribution is 2.24. The number of Topliss-reactive ketones (excluding diaryl/α,β-unsaturated/α-hetero) is 1. The highest BCUT2D eigenvalue weighted by atomic mass is 16.4. The molecule has 0 unspecified atom stereocenters. The van der Waals surface area contributed by atoms with Gasteiger partial charge in [0.05, 0.1) is 13.0 Å². The zero-order valence-corrected chi connectivity index (χ0v) is 9.29. The number of nitrogens with one attached hydrogen (secondary N) is 1. The molecule has 0 aromatic carbocycles. The average Bonchev–Trinajstić information content (AvgIpc) is 1.96. The van der Waals surface area contributed by atoms with Crippen molar-refractivity contribution in [3.8, 4) is 0 Å². The van der Waals surface area contributed by atoms with Gasteiger partial charge in [-0.05, 0) is 5.41 Å². The average molecular weight is 215 g/mol. The molecule has 1 amide bonds. The van der Waals surface area contributed by atoms with Crippen LogP contribution < -0.4 is 5.32 Å². The number of ketones is 1. The molecular weight excluding hydrogens is 198 g/mol. The summed E-state index contributed by atoms with van der Waals surface area (Å²) < 4.78 is 0. The fourth-order valence-corrected chi connectivity index (χ4v) is 1.29. The van der Waals surface area contributed by atoms with Crippen LogP contribution in [-0.4, -0.2) is 29.3 Å². The standard InChI is InChI=1S/C10H17NO4/c1-7(12)11-6-8(13)4-10(2,3)5-9(14)15/h4-6H2,1-3H3,(H,11,12)(H,14,15). The summed E-state index contributed by atoms with van der Waals surface area (Å²) in [6.07, 6.45) is 0.0956. The molecule has 0 atom stereocenters. The second-order valence-electron chi connectivity index (χ2n) is 4.36. The molecule has 0 aromatic rings. The first-order valence-corrected chi connectivity index (χ1v) is 4.71. The van der Waals surface area contributed by atoms with E-state index in [4.69, 9.17) is 5.11 Å². The molecule has 0 aliphatic heterocycles. The highest BCUT2D eigenvalue weighted by Gasteiger charge is 2.24. The van der Waals surface area contributed by atoms with Gasteiger partial charge in [0.15, 0.2) is 5.78 Å². The van der Waals surface area contributed by atoms with Crippen molar-refractivity contribution in [1.82, 2.24) is 5.32 Å². The summed E-state index contributed by atoms with van der Waals surface area (Å²) >= 11 is 0. The Labute approximate surface area is 88.9 Å². The highest BCUT2D eigenvalue weighted by molar-refractivity contribution is 5.85. The van der Waals surface area contributed by atoms with Crippen molar-refractivity contribution >= 4 is 17.7 Å². The molecule has 86 valence electrons. The topological polar surface area (TPSA) is 83.5 Å². The minimum absolute atomic E-state index is 0.0294. The van der Waals surface area contributed by atoms with Gasteiger partial charge in [0.2, 0.25) is 5.91 Å². The van der Waals surface area contributed by atoms with Crippen LogP contribution in [0.1, 0.15) is 33.6 Å². The summed E-state index contributed by atoms with van der Waals surface area (Å²) in [5.41, 5.74) is -0.568. The SMILES string of the molecule is CC(=O)NCC(=O)CC(C)(C)CC(=O)O. The molecule has 5 heteroatoms. The van der Waals surface area contributed by atoms with Crippen LogP contribution >= 0.6 is 0 Å². The second kappa shape index (κ2) is 5.48. The normalized spacial score (nSPS) is 10.9. The van der Waals surface area contributed by atoms with Crippen LogP contribution in [0.2, 0.25) is 0 Å². The molecule has 15 heavy (non-hydrogen) atoms. The largest absolute Gasteiger partial charge is 0.481 e. The number of carbonyl (C=O) groups is 3. The molecule has 0 radical (unpaired) electrons. The Morgan fingerprint density at radius 2 is 1.73 bits per heavy atom. The zero-order chi connectivity index (χ0) is 12.1. The van der Waals surface area contributed by atoms with Crippen molar-refractivity contribution in [3.05, 3.63) is 0 Å². The monoisotopic (exact) mass is 215 g/mol. The van der Waals surface area contributed by atoms with Crippen LogP contribution in [0.5, 0.6) is 0 Å². The predicted molar refractivity (Wildman–Crippen MR) is 54.3 cm³/mol. The first-order valence-electron chi connectivity index (χ1n) is 4.71. The smallest absolute Gasteiger partial charge is 0.303 e. The number of aliphatic carboxylic acids is 1. The van der Waals surface area contributed by atoms with E-state index in [1.807, 2.05) is 0 Å². The minimum Gasteiger partial charge on any atom is -0.481 e. The summed E-state index contributed by atoms with van der Waals surface area (Å²) in [5, 5.41) is 11.0. The summed E-state index contributed by atoms with van der Waals surface area (Å²) in [6.45, 7) is 4.73. The molecular formula is C10H17NO4. The van der Waals surface area contributed by atoms with Crippen molar-refractivity contribution in [2.24, 2.45) is 5.41 Å². The fraction of sp³-hybridized carbons (Fsp3) is 0.700. The number of carboxylic acids is 1. The number of carbonyl (C=O) groups excluding carboxylic acids is 2. The number of hydrogen-bond donors (Lipinski definition) is 2. The molecule has 0 aliphatic rings. The van der Waals surface area contributed by atoms with E-state index < -0.39 is 11.4 Å². The summed E-state index contributed by atoms with van der Waals surface area (Å²) in [6, 6.07) is 0. The van der Waals surface area contributed by atoms with Gasteiger partial charge in [0, 0.05) is 13.3 Å². The van der Waals surface area contributed by atoms with E-state index >= 15 is 0 Å². The summed E-state index contributed by atoms with van der Waals surface area (Å²) in [7, 11) is 0. The van der Waals surface area contributed by atoms with Gasteiger partial charge in [0.25, 0.3) is 0 Å². The van der Waals surface area contributed by atoms with Gasteiger partial charge >= 0.3 is 5.97 Å².